The van der Waals surface area contributed by atoms with Gasteiger partial charge in [-0.2, -0.15) is 5.10 Å². The van der Waals surface area contributed by atoms with Crippen LogP contribution in [0.4, 0.5) is 0 Å². The maximum Gasteiger partial charge on any atom is 0.0766 e. The van der Waals surface area contributed by atoms with Gasteiger partial charge in [-0.1, -0.05) is 33.1 Å². The van der Waals surface area contributed by atoms with E-state index in [0.717, 1.165) is 25.3 Å². The van der Waals surface area contributed by atoms with Crippen molar-refractivity contribution in [3.05, 3.63) is 15.9 Å². The van der Waals surface area contributed by atoms with E-state index in [1.165, 1.54) is 48.0 Å². The number of hydrogen-bond acceptors (Lipinski definition) is 2. The van der Waals surface area contributed by atoms with Gasteiger partial charge in [0.1, 0.15) is 0 Å². The minimum absolute atomic E-state index is 0.675. The summed E-state index contributed by atoms with van der Waals surface area (Å²) in [6.07, 6.45) is 8.96. The van der Waals surface area contributed by atoms with Crippen LogP contribution in [-0.4, -0.2) is 22.4 Å². The van der Waals surface area contributed by atoms with Gasteiger partial charge in [0.15, 0.2) is 0 Å². The zero-order valence-corrected chi connectivity index (χ0v) is 14.7. The fraction of sp³-hybridized carbons (Fsp3) is 0.812. The lowest BCUT2D eigenvalue weighted by Crippen LogP contribution is -2.36. The Balaban J connectivity index is 2.15. The van der Waals surface area contributed by atoms with Gasteiger partial charge in [-0.25, -0.2) is 0 Å². The Hall–Kier alpha value is -0.350. The maximum atomic E-state index is 4.64. The molecule has 2 atom stereocenters. The second kappa shape index (κ2) is 7.60. The van der Waals surface area contributed by atoms with Gasteiger partial charge in [0.05, 0.1) is 15.9 Å². The van der Waals surface area contributed by atoms with Gasteiger partial charge < -0.3 is 5.32 Å². The van der Waals surface area contributed by atoms with Crippen LogP contribution in [0, 0.1) is 5.92 Å². The minimum Gasteiger partial charge on any atom is -0.314 e. The zero-order valence-electron chi connectivity index (χ0n) is 13.1. The number of hydrogen-bond donors (Lipinski definition) is 1. The van der Waals surface area contributed by atoms with E-state index in [1.807, 2.05) is 0 Å². The van der Waals surface area contributed by atoms with E-state index >= 15 is 0 Å². The van der Waals surface area contributed by atoms with Crippen LogP contribution >= 0.6 is 15.9 Å². The summed E-state index contributed by atoms with van der Waals surface area (Å²) in [5.41, 5.74) is 2.56. The van der Waals surface area contributed by atoms with Crippen LogP contribution in [0.5, 0.6) is 0 Å². The molecule has 0 aliphatic heterocycles. The molecule has 3 nitrogen and oxygen atoms in total. The predicted molar refractivity (Wildman–Crippen MR) is 88.0 cm³/mol. The number of nitrogens with zero attached hydrogens (tertiary/aromatic N) is 2. The fourth-order valence-electron chi connectivity index (χ4n) is 3.45. The van der Waals surface area contributed by atoms with Gasteiger partial charge in [-0.15, -0.1) is 0 Å². The van der Waals surface area contributed by atoms with Crippen molar-refractivity contribution in [2.45, 2.75) is 64.8 Å². The second-order valence-corrected chi connectivity index (χ2v) is 6.74. The molecule has 0 saturated heterocycles. The molecule has 20 heavy (non-hydrogen) atoms. The summed E-state index contributed by atoms with van der Waals surface area (Å²) in [7, 11) is 2.08. The molecule has 1 aliphatic rings. The summed E-state index contributed by atoms with van der Waals surface area (Å²) in [5.74, 6) is 0.744. The standard InChI is InChI=1S/C16H28BrN3/c1-4-13-16(17)15(20(3)19-13)11-12-9-7-6-8-10-14(12)18-5-2/h12,14,18H,4-11H2,1-3H3. The maximum absolute atomic E-state index is 4.64. The molecular weight excluding hydrogens is 314 g/mol. The van der Waals surface area contributed by atoms with Crippen molar-refractivity contribution in [1.82, 2.24) is 15.1 Å². The van der Waals surface area contributed by atoms with Crippen molar-refractivity contribution in [3.8, 4) is 0 Å². The lowest BCUT2D eigenvalue weighted by Gasteiger charge is -2.26. The van der Waals surface area contributed by atoms with Gasteiger partial charge in [-0.3, -0.25) is 4.68 Å². The number of rotatable bonds is 5. The topological polar surface area (TPSA) is 29.9 Å². The third-order valence-electron chi connectivity index (χ3n) is 4.58. The highest BCUT2D eigenvalue weighted by Gasteiger charge is 2.25. The van der Waals surface area contributed by atoms with E-state index < -0.39 is 0 Å². The Bertz CT molecular complexity index is 428. The normalized spacial score (nSPS) is 23.8. The first kappa shape index (κ1) is 16.0. The summed E-state index contributed by atoms with van der Waals surface area (Å²) < 4.78 is 3.32. The molecule has 0 aromatic carbocycles. The molecule has 0 amide bonds. The molecule has 1 N–H and O–H groups in total. The number of aryl methyl sites for hydroxylation is 2. The monoisotopic (exact) mass is 341 g/mol. The Morgan fingerprint density at radius 3 is 2.65 bits per heavy atom. The average Bonchev–Trinajstić information content (AvgIpc) is 2.61. The summed E-state index contributed by atoms with van der Waals surface area (Å²) in [6, 6.07) is 0.675. The van der Waals surface area contributed by atoms with Crippen LogP contribution < -0.4 is 5.32 Å². The van der Waals surface area contributed by atoms with Crippen molar-refractivity contribution in [2.75, 3.05) is 6.54 Å². The number of halogens is 1. The molecule has 2 unspecified atom stereocenters. The first-order chi connectivity index (χ1) is 9.67. The Morgan fingerprint density at radius 1 is 1.25 bits per heavy atom. The Morgan fingerprint density at radius 2 is 2.00 bits per heavy atom. The van der Waals surface area contributed by atoms with Crippen LogP contribution in [0.15, 0.2) is 4.47 Å². The highest BCUT2D eigenvalue weighted by atomic mass is 79.9. The lowest BCUT2D eigenvalue weighted by molar-refractivity contribution is 0.331. The molecule has 0 radical (unpaired) electrons. The molecule has 1 fully saturated rings. The van der Waals surface area contributed by atoms with Gasteiger partial charge >= 0.3 is 0 Å². The number of nitrogens with one attached hydrogen (secondary N) is 1. The van der Waals surface area contributed by atoms with Crippen LogP contribution in [0.2, 0.25) is 0 Å². The average molecular weight is 342 g/mol. The van der Waals surface area contributed by atoms with Crippen LogP contribution in [-0.2, 0) is 19.9 Å². The summed E-state index contributed by atoms with van der Waals surface area (Å²) in [5, 5.41) is 8.35. The quantitative estimate of drug-likeness (QED) is 0.824. The highest BCUT2D eigenvalue weighted by Crippen LogP contribution is 2.30. The highest BCUT2D eigenvalue weighted by molar-refractivity contribution is 9.10. The molecule has 1 aliphatic carbocycles. The van der Waals surface area contributed by atoms with Crippen molar-refractivity contribution in [2.24, 2.45) is 13.0 Å². The van der Waals surface area contributed by atoms with Crippen molar-refractivity contribution in [1.29, 1.82) is 0 Å². The molecule has 1 aromatic rings. The van der Waals surface area contributed by atoms with Crippen LogP contribution in [0.1, 0.15) is 57.3 Å². The molecule has 1 saturated carbocycles. The number of aromatic nitrogens is 2. The zero-order chi connectivity index (χ0) is 14.5. The SMILES string of the molecule is CCNC1CCCCCC1Cc1c(Br)c(CC)nn1C. The molecule has 114 valence electrons. The molecule has 0 bridgehead atoms. The smallest absolute Gasteiger partial charge is 0.0766 e. The summed E-state index contributed by atoms with van der Waals surface area (Å²) in [6.45, 7) is 5.47. The van der Waals surface area contributed by atoms with Gasteiger partial charge in [-0.05, 0) is 54.1 Å². The Labute approximate surface area is 131 Å². The van der Waals surface area contributed by atoms with E-state index in [-0.39, 0.29) is 0 Å². The minimum atomic E-state index is 0.675. The van der Waals surface area contributed by atoms with Crippen molar-refractivity contribution < 1.29 is 0 Å². The third kappa shape index (κ3) is 3.64. The summed E-state index contributed by atoms with van der Waals surface area (Å²) in [4.78, 5) is 0. The van der Waals surface area contributed by atoms with Gasteiger partial charge in [0.25, 0.3) is 0 Å². The first-order valence-corrected chi connectivity index (χ1v) is 8.90. The summed E-state index contributed by atoms with van der Waals surface area (Å²) >= 11 is 3.76. The first-order valence-electron chi connectivity index (χ1n) is 8.11. The predicted octanol–water partition coefficient (Wildman–Crippen LogP) is 3.85. The van der Waals surface area contributed by atoms with E-state index in [2.05, 4.69) is 51.9 Å². The third-order valence-corrected chi connectivity index (χ3v) is 5.50. The molecule has 1 heterocycles. The van der Waals surface area contributed by atoms with Crippen LogP contribution in [0.25, 0.3) is 0 Å². The Kier molecular flexibility index (Phi) is 6.09. The molecule has 0 spiro atoms. The van der Waals surface area contributed by atoms with E-state index in [0.29, 0.717) is 6.04 Å². The van der Waals surface area contributed by atoms with Gasteiger partial charge in [0.2, 0.25) is 0 Å². The van der Waals surface area contributed by atoms with E-state index in [1.54, 1.807) is 0 Å². The van der Waals surface area contributed by atoms with Crippen LogP contribution in [0.3, 0.4) is 0 Å². The second-order valence-electron chi connectivity index (χ2n) is 5.95. The van der Waals surface area contributed by atoms with E-state index in [4.69, 9.17) is 0 Å². The molecular formula is C16H28BrN3. The van der Waals surface area contributed by atoms with E-state index in [9.17, 15) is 0 Å². The fourth-order valence-corrected chi connectivity index (χ4v) is 4.23. The van der Waals surface area contributed by atoms with Crippen molar-refractivity contribution in [3.63, 3.8) is 0 Å². The lowest BCUT2D eigenvalue weighted by atomic mass is 9.90. The molecule has 4 heteroatoms. The molecule has 2 rings (SSSR count). The molecule has 1 aromatic heterocycles. The van der Waals surface area contributed by atoms with Crippen molar-refractivity contribution >= 4 is 15.9 Å². The van der Waals surface area contributed by atoms with Gasteiger partial charge in [0, 0.05) is 13.1 Å². The largest absolute Gasteiger partial charge is 0.314 e.